The van der Waals surface area contributed by atoms with Crippen molar-refractivity contribution in [1.82, 2.24) is 19.9 Å². The molecule has 1 aromatic carbocycles. The number of carbonyl (C=O) groups is 1. The maximum absolute atomic E-state index is 10.8. The third kappa shape index (κ3) is 5.03. The zero-order valence-corrected chi connectivity index (χ0v) is 15.3. The van der Waals surface area contributed by atoms with Crippen molar-refractivity contribution in [2.75, 3.05) is 17.2 Å². The van der Waals surface area contributed by atoms with Crippen molar-refractivity contribution in [3.63, 3.8) is 0 Å². The highest BCUT2D eigenvalue weighted by Crippen LogP contribution is 2.22. The molecule has 0 fully saturated rings. The monoisotopic (exact) mass is 416 g/mol. The van der Waals surface area contributed by atoms with Crippen molar-refractivity contribution < 1.29 is 9.90 Å². The first-order valence-corrected chi connectivity index (χ1v) is 8.71. The topological polar surface area (TPSA) is 116 Å². The number of aromatic amines is 1. The Hall–Kier alpha value is -2.94. The Morgan fingerprint density at radius 3 is 2.96 bits per heavy atom. The lowest BCUT2D eigenvalue weighted by Crippen LogP contribution is -2.09. The molecule has 8 nitrogen and oxygen atoms in total. The fraction of sp³-hybridized carbons (Fsp3) is 0.176. The van der Waals surface area contributed by atoms with Crippen LogP contribution in [0.5, 0.6) is 0 Å². The molecule has 9 heteroatoms. The van der Waals surface area contributed by atoms with E-state index in [1.54, 1.807) is 36.9 Å². The fourth-order valence-corrected chi connectivity index (χ4v) is 2.68. The van der Waals surface area contributed by atoms with E-state index in [1.807, 2.05) is 6.07 Å². The van der Waals surface area contributed by atoms with E-state index in [0.717, 1.165) is 22.3 Å². The van der Waals surface area contributed by atoms with Crippen LogP contribution >= 0.6 is 15.9 Å². The molecule has 0 atom stereocenters. The molecule has 0 aliphatic rings. The van der Waals surface area contributed by atoms with Crippen LogP contribution in [0.1, 0.15) is 11.3 Å². The lowest BCUT2D eigenvalue weighted by molar-refractivity contribution is -0.136. The van der Waals surface area contributed by atoms with Crippen LogP contribution in [-0.2, 0) is 17.6 Å². The number of anilines is 3. The van der Waals surface area contributed by atoms with Gasteiger partial charge in [-0.05, 0) is 33.6 Å². The van der Waals surface area contributed by atoms with E-state index < -0.39 is 5.97 Å². The zero-order valence-electron chi connectivity index (χ0n) is 13.7. The predicted molar refractivity (Wildman–Crippen MR) is 102 cm³/mol. The maximum Gasteiger partial charge on any atom is 0.307 e. The Morgan fingerprint density at radius 2 is 2.19 bits per heavy atom. The van der Waals surface area contributed by atoms with Gasteiger partial charge in [-0.3, -0.25) is 4.79 Å². The third-order valence-corrected chi connectivity index (χ3v) is 4.10. The number of nitrogens with one attached hydrogen (secondary N) is 3. The van der Waals surface area contributed by atoms with Gasteiger partial charge in [-0.25, -0.2) is 9.97 Å². The summed E-state index contributed by atoms with van der Waals surface area (Å²) in [5, 5.41) is 15.2. The van der Waals surface area contributed by atoms with Gasteiger partial charge in [-0.2, -0.15) is 4.98 Å². The largest absolute Gasteiger partial charge is 0.481 e. The first kappa shape index (κ1) is 17.9. The number of imidazole rings is 1. The van der Waals surface area contributed by atoms with Crippen LogP contribution < -0.4 is 10.6 Å². The lowest BCUT2D eigenvalue weighted by atomic mass is 10.1. The molecule has 0 aliphatic carbocycles. The third-order valence-electron chi connectivity index (χ3n) is 3.52. The van der Waals surface area contributed by atoms with Crippen molar-refractivity contribution in [2.45, 2.75) is 12.8 Å². The number of H-pyrrole nitrogens is 1. The number of aromatic nitrogens is 4. The van der Waals surface area contributed by atoms with Gasteiger partial charge in [0.25, 0.3) is 0 Å². The molecule has 0 bridgehead atoms. The molecule has 0 saturated carbocycles. The minimum absolute atomic E-state index is 0.0306. The van der Waals surface area contributed by atoms with Crippen LogP contribution in [0.15, 0.2) is 47.5 Å². The summed E-state index contributed by atoms with van der Waals surface area (Å²) in [4.78, 5) is 26.6. The Bertz CT molecular complexity index is 885. The van der Waals surface area contributed by atoms with Gasteiger partial charge in [0.15, 0.2) is 0 Å². The molecule has 2 aromatic heterocycles. The van der Waals surface area contributed by atoms with E-state index in [0.29, 0.717) is 23.9 Å². The summed E-state index contributed by atoms with van der Waals surface area (Å²) in [6, 6.07) is 7.17. The van der Waals surface area contributed by atoms with E-state index in [2.05, 4.69) is 46.5 Å². The molecular formula is C17H17BrN6O2. The van der Waals surface area contributed by atoms with Crippen LogP contribution in [0.3, 0.4) is 0 Å². The molecule has 26 heavy (non-hydrogen) atoms. The number of hydrogen-bond donors (Lipinski definition) is 4. The van der Waals surface area contributed by atoms with E-state index in [4.69, 9.17) is 5.11 Å². The number of halogens is 1. The van der Waals surface area contributed by atoms with E-state index in [1.165, 1.54) is 0 Å². The molecule has 0 spiro atoms. The number of hydrogen-bond acceptors (Lipinski definition) is 6. The SMILES string of the molecule is O=C(O)Cc1cccc(Nc2ncc(Br)c(NCCc3cnc[nH]3)n2)c1. The summed E-state index contributed by atoms with van der Waals surface area (Å²) >= 11 is 3.43. The van der Waals surface area contributed by atoms with Gasteiger partial charge < -0.3 is 20.7 Å². The molecule has 0 amide bonds. The summed E-state index contributed by atoms with van der Waals surface area (Å²) < 4.78 is 0.757. The number of aliphatic carboxylic acids is 1. The summed E-state index contributed by atoms with van der Waals surface area (Å²) in [5.41, 5.74) is 2.48. The molecule has 0 aliphatic heterocycles. The number of carboxylic acid groups (broad SMARTS) is 1. The van der Waals surface area contributed by atoms with Crippen LogP contribution in [0.4, 0.5) is 17.5 Å². The van der Waals surface area contributed by atoms with Gasteiger partial charge in [0.05, 0.1) is 17.2 Å². The van der Waals surface area contributed by atoms with E-state index in [9.17, 15) is 4.79 Å². The number of rotatable bonds is 8. The number of benzene rings is 1. The number of nitrogens with zero attached hydrogens (tertiary/aromatic N) is 3. The fourth-order valence-electron chi connectivity index (χ4n) is 2.35. The normalized spacial score (nSPS) is 10.5. The van der Waals surface area contributed by atoms with Crippen molar-refractivity contribution in [3.05, 3.63) is 58.7 Å². The van der Waals surface area contributed by atoms with Gasteiger partial charge in [0, 0.05) is 36.7 Å². The van der Waals surface area contributed by atoms with Crippen LogP contribution in [0, 0.1) is 0 Å². The molecule has 0 radical (unpaired) electrons. The summed E-state index contributed by atoms with van der Waals surface area (Å²) in [6.07, 6.45) is 5.85. The standard InChI is InChI=1S/C17H17BrN6O2/c18-14-9-21-17(23-12-3-1-2-11(6-12)7-15(25)26)24-16(14)20-5-4-13-8-19-10-22-13/h1-3,6,8-10H,4-5,7H2,(H,19,22)(H,25,26)(H2,20,21,23,24). The highest BCUT2D eigenvalue weighted by molar-refractivity contribution is 9.10. The lowest BCUT2D eigenvalue weighted by Gasteiger charge is -2.10. The van der Waals surface area contributed by atoms with Crippen molar-refractivity contribution in [3.8, 4) is 0 Å². The van der Waals surface area contributed by atoms with E-state index >= 15 is 0 Å². The van der Waals surface area contributed by atoms with Crippen molar-refractivity contribution in [1.29, 1.82) is 0 Å². The summed E-state index contributed by atoms with van der Waals surface area (Å²) in [6.45, 7) is 0.686. The number of carboxylic acids is 1. The van der Waals surface area contributed by atoms with Gasteiger partial charge in [0.1, 0.15) is 5.82 Å². The zero-order chi connectivity index (χ0) is 18.4. The smallest absolute Gasteiger partial charge is 0.307 e. The highest BCUT2D eigenvalue weighted by atomic mass is 79.9. The predicted octanol–water partition coefficient (Wildman–Crippen LogP) is 2.99. The first-order valence-electron chi connectivity index (χ1n) is 7.91. The Morgan fingerprint density at radius 1 is 1.31 bits per heavy atom. The minimum atomic E-state index is -0.870. The van der Waals surface area contributed by atoms with Crippen LogP contribution in [-0.4, -0.2) is 37.6 Å². The highest BCUT2D eigenvalue weighted by Gasteiger charge is 2.07. The second-order valence-electron chi connectivity index (χ2n) is 5.54. The molecular weight excluding hydrogens is 400 g/mol. The quantitative estimate of drug-likeness (QED) is 0.445. The maximum atomic E-state index is 10.8. The molecule has 0 saturated heterocycles. The Kier molecular flexibility index (Phi) is 5.80. The average Bonchev–Trinajstić information content (AvgIpc) is 3.11. The van der Waals surface area contributed by atoms with Gasteiger partial charge in [0.2, 0.25) is 5.95 Å². The summed E-state index contributed by atoms with van der Waals surface area (Å²) in [5.74, 6) is 0.221. The second-order valence-corrected chi connectivity index (χ2v) is 6.39. The molecule has 3 aromatic rings. The first-order chi connectivity index (χ1) is 12.6. The Labute approximate surface area is 158 Å². The van der Waals surface area contributed by atoms with Crippen LogP contribution in [0.25, 0.3) is 0 Å². The molecule has 3 rings (SSSR count). The van der Waals surface area contributed by atoms with Crippen LogP contribution in [0.2, 0.25) is 0 Å². The molecule has 0 unspecified atom stereocenters. The minimum Gasteiger partial charge on any atom is -0.481 e. The van der Waals surface area contributed by atoms with Crippen molar-refractivity contribution in [2.24, 2.45) is 0 Å². The second kappa shape index (κ2) is 8.43. The summed E-state index contributed by atoms with van der Waals surface area (Å²) in [7, 11) is 0. The molecule has 2 heterocycles. The van der Waals surface area contributed by atoms with E-state index in [-0.39, 0.29) is 6.42 Å². The molecule has 4 N–H and O–H groups in total. The average molecular weight is 417 g/mol. The van der Waals surface area contributed by atoms with Gasteiger partial charge in [-0.15, -0.1) is 0 Å². The molecule has 134 valence electrons. The Balaban J connectivity index is 1.66. The van der Waals surface area contributed by atoms with Gasteiger partial charge in [-0.1, -0.05) is 12.1 Å². The van der Waals surface area contributed by atoms with Crippen molar-refractivity contribution >= 4 is 39.4 Å². The van der Waals surface area contributed by atoms with Gasteiger partial charge >= 0.3 is 5.97 Å².